The molecule has 0 unspecified atom stereocenters. The van der Waals surface area contributed by atoms with Crippen LogP contribution in [0.15, 0.2) is 359 Å². The molecule has 510 valence electrons. The zero-order chi connectivity index (χ0) is 71.6. The number of halogens is 4. The van der Waals surface area contributed by atoms with E-state index in [1.165, 1.54) is 39.6 Å². The summed E-state index contributed by atoms with van der Waals surface area (Å²) in [5.41, 5.74) is 19.1. The highest BCUT2D eigenvalue weighted by atomic mass is 35.5. The molecule has 10 aromatic heterocycles. The lowest BCUT2D eigenvalue weighted by molar-refractivity contribution is 0.627. The van der Waals surface area contributed by atoms with Gasteiger partial charge in [-0.3, -0.25) is 17.6 Å². The first-order valence-corrected chi connectivity index (χ1v) is 35.7. The normalized spacial score (nSPS) is 11.1. The van der Waals surface area contributed by atoms with Crippen LogP contribution < -0.4 is 0 Å². The second kappa shape index (κ2) is 31.4. The van der Waals surface area contributed by atoms with E-state index in [1.807, 2.05) is 196 Å². The monoisotopic (exact) mass is 1420 g/mol. The molecule has 10 nitrogen and oxygen atoms in total. The maximum atomic E-state index is 13.7. The molecule has 0 bridgehead atoms. The van der Waals surface area contributed by atoms with Crippen molar-refractivity contribution >= 4 is 73.2 Å². The van der Waals surface area contributed by atoms with Crippen LogP contribution in [0.3, 0.4) is 0 Å². The molecule has 0 N–H and O–H groups in total. The number of aromatic nitrogens is 10. The first kappa shape index (κ1) is 68.3. The minimum absolute atomic E-state index is 0.132. The van der Waals surface area contributed by atoms with Crippen molar-refractivity contribution in [3.05, 3.63) is 408 Å². The topological polar surface area (TPSA) is 86.5 Å². The Bertz CT molecular complexity index is 6100. The molecule has 0 radical (unpaired) electrons. The van der Waals surface area contributed by atoms with E-state index in [0.717, 1.165) is 118 Å². The van der Waals surface area contributed by atoms with Crippen molar-refractivity contribution in [2.75, 3.05) is 0 Å². The molecule has 0 fully saturated rings. The Morgan fingerprint density at radius 1 is 0.371 bits per heavy atom. The van der Waals surface area contributed by atoms with Gasteiger partial charge in [-0.15, -0.1) is 0 Å². The third-order valence-electron chi connectivity index (χ3n) is 18.2. The van der Waals surface area contributed by atoms with Gasteiger partial charge >= 0.3 is 0 Å². The summed E-state index contributed by atoms with van der Waals surface area (Å²) < 4.78 is 23.8. The van der Waals surface area contributed by atoms with Crippen LogP contribution in [-0.2, 0) is 6.42 Å². The van der Waals surface area contributed by atoms with Crippen molar-refractivity contribution in [3.63, 3.8) is 0 Å². The number of pyridine rings is 5. The lowest BCUT2D eigenvalue weighted by atomic mass is 9.90. The van der Waals surface area contributed by atoms with Gasteiger partial charge in [0.2, 0.25) is 5.28 Å². The van der Waals surface area contributed by atoms with Gasteiger partial charge in [0.25, 0.3) is 0 Å². The fraction of sp³-hybridized carbons (Fsp3) is 0.0440. The van der Waals surface area contributed by atoms with Gasteiger partial charge in [-0.25, -0.2) is 29.3 Å². The molecule has 0 amide bonds. The Hall–Kier alpha value is -12.5. The average Bonchev–Trinajstić information content (AvgIpc) is 1.77. The summed E-state index contributed by atoms with van der Waals surface area (Å²) in [4.78, 5) is 23.3. The molecule has 9 aromatic carbocycles. The van der Waals surface area contributed by atoms with Gasteiger partial charge in [0, 0.05) is 58.7 Å². The van der Waals surface area contributed by atoms with Crippen molar-refractivity contribution in [1.82, 2.24) is 46.9 Å². The molecular formula is C91H68Cl3FN10. The van der Waals surface area contributed by atoms with E-state index in [0.29, 0.717) is 10.4 Å². The van der Waals surface area contributed by atoms with Crippen LogP contribution in [0.5, 0.6) is 0 Å². The van der Waals surface area contributed by atoms with Gasteiger partial charge in [0.05, 0.1) is 68.0 Å². The largest absolute Gasteiger partial charge is 0.303 e. The second-order valence-corrected chi connectivity index (χ2v) is 26.2. The number of benzene rings is 9. The van der Waals surface area contributed by atoms with Gasteiger partial charge in [-0.2, -0.15) is 0 Å². The minimum atomic E-state index is -0.260. The molecule has 0 saturated heterocycles. The predicted octanol–water partition coefficient (Wildman–Crippen LogP) is 24.0. The number of fused-ring (bicyclic) bond motifs is 6. The lowest BCUT2D eigenvalue weighted by Crippen LogP contribution is -2.07. The number of rotatable bonds is 10. The third kappa shape index (κ3) is 14.9. The van der Waals surface area contributed by atoms with Crippen LogP contribution >= 0.6 is 34.8 Å². The minimum Gasteiger partial charge on any atom is -0.303 e. The Balaban J connectivity index is 0.000000106. The number of aryl methyl sites for hydroxylation is 2. The Morgan fingerprint density at radius 3 is 1.57 bits per heavy atom. The lowest BCUT2D eigenvalue weighted by Gasteiger charge is -2.17. The van der Waals surface area contributed by atoms with Gasteiger partial charge in [-0.1, -0.05) is 290 Å². The number of hydrogen-bond donors (Lipinski definition) is 0. The van der Waals surface area contributed by atoms with E-state index >= 15 is 0 Å². The second-order valence-electron chi connectivity index (χ2n) is 25.1. The summed E-state index contributed by atoms with van der Waals surface area (Å²) in [5, 5.41) is 4.28. The Morgan fingerprint density at radius 2 is 0.914 bits per heavy atom. The zero-order valence-corrected chi connectivity index (χ0v) is 59.6. The fourth-order valence-corrected chi connectivity index (χ4v) is 13.8. The zero-order valence-electron chi connectivity index (χ0n) is 57.3. The van der Waals surface area contributed by atoms with E-state index in [2.05, 4.69) is 190 Å². The maximum Gasteiger partial charge on any atom is 0.207 e. The standard InChI is InChI=1S/C23H15ClN2.C20H16N2.C19H13FN2.C16H15ClN2.C13H9ClN2/c24-22-14-20(16-6-2-1-3-7-16)13-21-15-25-23(26(21)22)19-11-10-17-8-4-5-9-18(17)12-19;1-3-9-16(10-4-1)19(17-11-5-2-6-12-17)20-21-15-18-13-7-8-14-22(18)20;20-16-11-12-22-17(13-16)18(14-7-3-1-4-8-14)21-19(22)15-9-5-2-6-10-15;1-3-14-15-9-8-13(17)10-19(15)16(18-14)12-6-4-11(2)5-7-12;14-13-15-12(10-6-2-1-3-7-10)11-8-4-5-9-16(11)13/h1-15H;1-15,19H;1-13H;4-10H,3H2,1-2H3;1-9H. The van der Waals surface area contributed by atoms with E-state index in [1.54, 1.807) is 6.20 Å². The third-order valence-corrected chi connectivity index (χ3v) is 19.0. The molecule has 14 heteroatoms. The van der Waals surface area contributed by atoms with Gasteiger partial charge in [0.1, 0.15) is 34.3 Å². The van der Waals surface area contributed by atoms with Gasteiger partial charge in [-0.05, 0) is 119 Å². The molecule has 10 heterocycles. The Labute approximate surface area is 622 Å². The van der Waals surface area contributed by atoms with E-state index in [-0.39, 0.29) is 11.7 Å². The molecule has 0 aliphatic rings. The highest BCUT2D eigenvalue weighted by Crippen LogP contribution is 2.36. The van der Waals surface area contributed by atoms with E-state index < -0.39 is 0 Å². The van der Waals surface area contributed by atoms with Crippen LogP contribution in [0.25, 0.3) is 106 Å². The van der Waals surface area contributed by atoms with Crippen molar-refractivity contribution in [3.8, 4) is 67.8 Å². The van der Waals surface area contributed by atoms with E-state index in [9.17, 15) is 4.39 Å². The van der Waals surface area contributed by atoms with Gasteiger partial charge < -0.3 is 4.40 Å². The summed E-state index contributed by atoms with van der Waals surface area (Å²) in [7, 11) is 0. The summed E-state index contributed by atoms with van der Waals surface area (Å²) in [6.07, 6.45) is 12.4. The van der Waals surface area contributed by atoms with Crippen molar-refractivity contribution in [1.29, 1.82) is 0 Å². The Kier molecular flexibility index (Phi) is 20.4. The molecule has 0 aliphatic heterocycles. The van der Waals surface area contributed by atoms with E-state index in [4.69, 9.17) is 49.8 Å². The summed E-state index contributed by atoms with van der Waals surface area (Å²) in [6, 6.07) is 107. The predicted molar refractivity (Wildman–Crippen MR) is 429 cm³/mol. The molecule has 19 rings (SSSR count). The molecular weight excluding hydrogens is 1360 g/mol. The number of nitrogens with zero attached hydrogens (tertiary/aromatic N) is 10. The molecule has 0 atom stereocenters. The van der Waals surface area contributed by atoms with Crippen LogP contribution in [0.2, 0.25) is 15.5 Å². The number of hydrogen-bond acceptors (Lipinski definition) is 5. The highest BCUT2D eigenvalue weighted by Gasteiger charge is 2.22. The van der Waals surface area contributed by atoms with Crippen LogP contribution in [0, 0.1) is 12.7 Å². The van der Waals surface area contributed by atoms with Crippen LogP contribution in [-0.4, -0.2) is 46.9 Å². The SMILES string of the molecule is CCc1nc(-c2ccc(C)cc2)n2cc(Cl)ccc12.Clc1cc(-c2ccccc2)cc2cnc(-c3ccc4ccccc4c3)n12.Clc1nc(-c2ccccc2)c2ccccn12.Fc1ccn2c(-c3ccccc3)nc(-c3ccccc3)c2c1.c1ccc(C(c2ccccc2)c2ncc3ccccn23)cc1. The molecule has 105 heavy (non-hydrogen) atoms. The first-order valence-electron chi connectivity index (χ1n) is 34.5. The fourth-order valence-electron chi connectivity index (χ4n) is 13.1. The molecule has 0 aliphatic carbocycles. The van der Waals surface area contributed by atoms with Crippen LogP contribution in [0.1, 0.15) is 41.1 Å². The molecule has 19 aromatic rings. The summed E-state index contributed by atoms with van der Waals surface area (Å²) in [5.74, 6) is 3.55. The first-order chi connectivity index (χ1) is 51.6. The molecule has 0 saturated carbocycles. The molecule has 0 spiro atoms. The van der Waals surface area contributed by atoms with Crippen molar-refractivity contribution < 1.29 is 4.39 Å². The summed E-state index contributed by atoms with van der Waals surface area (Å²) in [6.45, 7) is 4.21. The number of imidazole rings is 5. The quantitative estimate of drug-likeness (QED) is 0.127. The maximum absolute atomic E-state index is 13.7. The highest BCUT2D eigenvalue weighted by molar-refractivity contribution is 6.31. The van der Waals surface area contributed by atoms with Crippen molar-refractivity contribution in [2.45, 2.75) is 26.2 Å². The smallest absolute Gasteiger partial charge is 0.207 e. The summed E-state index contributed by atoms with van der Waals surface area (Å²) >= 11 is 18.8. The van der Waals surface area contributed by atoms with Crippen molar-refractivity contribution in [2.24, 2.45) is 0 Å². The average molecular weight is 1430 g/mol. The van der Waals surface area contributed by atoms with Gasteiger partial charge in [0.15, 0.2) is 0 Å². The van der Waals surface area contributed by atoms with Crippen LogP contribution in [0.4, 0.5) is 4.39 Å².